The Balaban J connectivity index is 1.61. The first-order valence-corrected chi connectivity index (χ1v) is 15.4. The number of fused-ring (bicyclic) bond motifs is 2. The maximum atomic E-state index is 5.85. The number of benzene rings is 6. The third-order valence-corrected chi connectivity index (χ3v) is 8.59. The molecule has 7 rings (SSSR count). The first-order valence-electron chi connectivity index (χ1n) is 15.4. The van der Waals surface area contributed by atoms with Gasteiger partial charge in [0.2, 0.25) is 0 Å². The molecule has 0 aromatic heterocycles. The van der Waals surface area contributed by atoms with Crippen LogP contribution in [0.4, 0.5) is 0 Å². The molecule has 1 heteroatoms. The second-order valence-corrected chi connectivity index (χ2v) is 11.3. The molecule has 0 radical (unpaired) electrons. The molecule has 1 aliphatic carbocycles. The first kappa shape index (κ1) is 28.1. The molecule has 0 bridgehead atoms. The zero-order valence-electron chi connectivity index (χ0n) is 25.4. The fourth-order valence-corrected chi connectivity index (χ4v) is 6.37. The van der Waals surface area contributed by atoms with E-state index in [1.165, 1.54) is 60.2 Å². The van der Waals surface area contributed by atoms with Gasteiger partial charge in [-0.2, -0.15) is 0 Å². The molecule has 0 aliphatic heterocycles. The smallest absolute Gasteiger partial charge is 0.115 e. The quantitative estimate of drug-likeness (QED) is 0.198. The van der Waals surface area contributed by atoms with Gasteiger partial charge >= 0.3 is 0 Å². The van der Waals surface area contributed by atoms with Crippen LogP contribution in [0.5, 0.6) is 0 Å². The lowest BCUT2D eigenvalue weighted by molar-refractivity contribution is 0.305. The normalized spacial score (nSPS) is 17.6. The Morgan fingerprint density at radius 3 is 1.80 bits per heavy atom. The van der Waals surface area contributed by atoms with E-state index in [1.807, 2.05) is 6.08 Å². The van der Waals surface area contributed by atoms with Crippen molar-refractivity contribution in [1.82, 2.24) is 0 Å². The Hall–Kier alpha value is -5.66. The standard InChI is InChI=1S/C44H34O/c1-31-24-25-38(45-2)26-27-40(37-29-35(32-14-5-3-6-15-32)28-36(30-37)33-16-7-4-8-17-33)41-21-11-12-22-43(41)44(31)42-23-13-19-34-18-9-10-20-39(34)42/h3-26,28-30H,1,27H2,2H3/b25-24-,38-26+,41-40+,44-43+. The van der Waals surface area contributed by atoms with Gasteiger partial charge in [0.25, 0.3) is 0 Å². The minimum absolute atomic E-state index is 0.701. The van der Waals surface area contributed by atoms with Crippen molar-refractivity contribution in [2.75, 3.05) is 7.11 Å². The summed E-state index contributed by atoms with van der Waals surface area (Å²) in [5.74, 6) is 0.813. The van der Waals surface area contributed by atoms with Crippen molar-refractivity contribution < 1.29 is 4.74 Å². The van der Waals surface area contributed by atoms with E-state index in [0.717, 1.165) is 16.9 Å². The average Bonchev–Trinajstić information content (AvgIpc) is 3.11. The lowest BCUT2D eigenvalue weighted by Gasteiger charge is -2.17. The molecule has 0 spiro atoms. The summed E-state index contributed by atoms with van der Waals surface area (Å²) >= 11 is 0. The molecule has 0 saturated carbocycles. The van der Waals surface area contributed by atoms with E-state index < -0.39 is 0 Å². The molecule has 6 aromatic rings. The van der Waals surface area contributed by atoms with Gasteiger partial charge in [0.1, 0.15) is 5.76 Å². The van der Waals surface area contributed by atoms with Gasteiger partial charge in [-0.05, 0) is 108 Å². The van der Waals surface area contributed by atoms with E-state index in [9.17, 15) is 0 Å². The van der Waals surface area contributed by atoms with Crippen LogP contribution in [0, 0.1) is 0 Å². The average molecular weight is 579 g/mol. The van der Waals surface area contributed by atoms with Crippen LogP contribution >= 0.6 is 0 Å². The van der Waals surface area contributed by atoms with Crippen LogP contribution in [0.2, 0.25) is 0 Å². The fraction of sp³-hybridized carbons (Fsp3) is 0.0455. The topological polar surface area (TPSA) is 9.23 Å². The van der Waals surface area contributed by atoms with Crippen molar-refractivity contribution in [2.24, 2.45) is 0 Å². The second kappa shape index (κ2) is 12.5. The van der Waals surface area contributed by atoms with Crippen molar-refractivity contribution in [2.45, 2.75) is 6.42 Å². The van der Waals surface area contributed by atoms with Crippen LogP contribution < -0.4 is 10.4 Å². The van der Waals surface area contributed by atoms with Gasteiger partial charge in [-0.25, -0.2) is 0 Å². The van der Waals surface area contributed by atoms with Gasteiger partial charge in [0.05, 0.1) is 7.11 Å². The van der Waals surface area contributed by atoms with Crippen LogP contribution in [0.1, 0.15) is 17.5 Å². The largest absolute Gasteiger partial charge is 0.497 e. The molecule has 0 heterocycles. The van der Waals surface area contributed by atoms with Gasteiger partial charge in [0, 0.05) is 0 Å². The SMILES string of the molecule is C=C1/C=C\C(OC)=C/C/C(c2cc(-c3ccccc3)cc(-c3ccccc3)c2)=c2/cccc/c2=C/1c1cccc2ccccc12. The number of hydrogen-bond acceptors (Lipinski definition) is 1. The summed E-state index contributed by atoms with van der Waals surface area (Å²) in [6.45, 7) is 4.61. The number of methoxy groups -OCH3 is 1. The van der Waals surface area contributed by atoms with Gasteiger partial charge in [-0.3, -0.25) is 0 Å². The van der Waals surface area contributed by atoms with Gasteiger partial charge < -0.3 is 4.74 Å². The molecule has 1 nitrogen and oxygen atoms in total. The van der Waals surface area contributed by atoms with Crippen LogP contribution in [0.3, 0.4) is 0 Å². The minimum Gasteiger partial charge on any atom is -0.497 e. The fourth-order valence-electron chi connectivity index (χ4n) is 6.37. The Morgan fingerprint density at radius 2 is 1.11 bits per heavy atom. The molecule has 1 aliphatic rings. The lowest BCUT2D eigenvalue weighted by Crippen LogP contribution is -2.30. The molecule has 0 saturated heterocycles. The summed E-state index contributed by atoms with van der Waals surface area (Å²) in [4.78, 5) is 0. The summed E-state index contributed by atoms with van der Waals surface area (Å²) in [7, 11) is 1.73. The highest BCUT2D eigenvalue weighted by Crippen LogP contribution is 2.33. The van der Waals surface area contributed by atoms with Crippen molar-refractivity contribution >= 4 is 21.9 Å². The molecular formula is C44H34O. The van der Waals surface area contributed by atoms with Crippen LogP contribution in [0.25, 0.3) is 44.2 Å². The molecule has 0 atom stereocenters. The summed E-state index contributed by atoms with van der Waals surface area (Å²) < 4.78 is 5.85. The first-order chi connectivity index (χ1) is 22.2. The Bertz CT molecular complexity index is 2150. The van der Waals surface area contributed by atoms with Gasteiger partial charge in [-0.1, -0.05) is 140 Å². The highest BCUT2D eigenvalue weighted by molar-refractivity contribution is 5.98. The highest BCUT2D eigenvalue weighted by Gasteiger charge is 2.15. The predicted octanol–water partition coefficient (Wildman–Crippen LogP) is 9.62. The Morgan fingerprint density at radius 1 is 0.533 bits per heavy atom. The van der Waals surface area contributed by atoms with Crippen molar-refractivity contribution in [1.29, 1.82) is 0 Å². The number of ether oxygens (including phenoxy) is 1. The highest BCUT2D eigenvalue weighted by atomic mass is 16.5. The Labute approximate surface area is 265 Å². The summed E-state index contributed by atoms with van der Waals surface area (Å²) in [6, 6.07) is 52.2. The molecule has 216 valence electrons. The second-order valence-electron chi connectivity index (χ2n) is 11.3. The third-order valence-electron chi connectivity index (χ3n) is 8.59. The predicted molar refractivity (Wildman–Crippen MR) is 190 cm³/mol. The molecule has 0 fully saturated rings. The van der Waals surface area contributed by atoms with E-state index in [-0.39, 0.29) is 0 Å². The third kappa shape index (κ3) is 5.69. The number of allylic oxidation sites excluding steroid dienone is 4. The van der Waals surface area contributed by atoms with E-state index in [4.69, 9.17) is 4.74 Å². The lowest BCUT2D eigenvalue weighted by atomic mass is 9.87. The zero-order valence-corrected chi connectivity index (χ0v) is 25.4. The molecule has 45 heavy (non-hydrogen) atoms. The summed E-state index contributed by atoms with van der Waals surface area (Å²) in [5.41, 5.74) is 10.4. The van der Waals surface area contributed by atoms with Crippen molar-refractivity contribution in [3.05, 3.63) is 203 Å². The van der Waals surface area contributed by atoms with Crippen LogP contribution in [-0.4, -0.2) is 7.11 Å². The summed E-state index contributed by atoms with van der Waals surface area (Å²) in [5, 5.41) is 4.77. The maximum Gasteiger partial charge on any atom is 0.115 e. The van der Waals surface area contributed by atoms with Crippen LogP contribution in [-0.2, 0) is 4.74 Å². The van der Waals surface area contributed by atoms with E-state index in [1.54, 1.807) is 7.11 Å². The van der Waals surface area contributed by atoms with Crippen LogP contribution in [0.15, 0.2) is 182 Å². The zero-order chi connectivity index (χ0) is 30.6. The van der Waals surface area contributed by atoms with Crippen molar-refractivity contribution in [3.8, 4) is 22.3 Å². The Kier molecular flexibility index (Phi) is 7.83. The monoisotopic (exact) mass is 578 g/mol. The summed E-state index contributed by atoms with van der Waals surface area (Å²) in [6.07, 6.45) is 7.00. The molecule has 0 amide bonds. The number of hydrogen-bond donors (Lipinski definition) is 0. The molecular weight excluding hydrogens is 544 g/mol. The van der Waals surface area contributed by atoms with E-state index in [2.05, 4.69) is 164 Å². The molecule has 6 aromatic carbocycles. The van der Waals surface area contributed by atoms with Gasteiger partial charge in [-0.15, -0.1) is 0 Å². The minimum atomic E-state index is 0.701. The van der Waals surface area contributed by atoms with E-state index in [0.29, 0.717) is 6.42 Å². The molecule has 0 unspecified atom stereocenters. The molecule has 0 N–H and O–H groups in total. The van der Waals surface area contributed by atoms with Gasteiger partial charge in [0.15, 0.2) is 0 Å². The maximum absolute atomic E-state index is 5.85. The van der Waals surface area contributed by atoms with Crippen molar-refractivity contribution in [3.63, 3.8) is 0 Å². The van der Waals surface area contributed by atoms with E-state index >= 15 is 0 Å². The number of rotatable bonds is 5.